The molecule has 1 fully saturated rings. The third-order valence-electron chi connectivity index (χ3n) is 7.19. The summed E-state index contributed by atoms with van der Waals surface area (Å²) in [5.74, 6) is -1.65. The van der Waals surface area contributed by atoms with Crippen LogP contribution in [0.1, 0.15) is 36.7 Å². The third-order valence-corrected chi connectivity index (χ3v) is 8.29. The molecular formula is C27H27ClF2N6O2S. The van der Waals surface area contributed by atoms with Crippen LogP contribution in [0.3, 0.4) is 0 Å². The number of hydrogen-bond donors (Lipinski definition) is 3. The van der Waals surface area contributed by atoms with Crippen LogP contribution in [0, 0.1) is 24.0 Å². The molecule has 0 saturated carbocycles. The molecule has 1 aliphatic heterocycles. The van der Waals surface area contributed by atoms with E-state index in [1.807, 2.05) is 13.8 Å². The number of carboxylic acids is 1. The van der Waals surface area contributed by atoms with Crippen molar-refractivity contribution in [2.45, 2.75) is 45.7 Å². The van der Waals surface area contributed by atoms with E-state index in [9.17, 15) is 14.3 Å². The zero-order valence-corrected chi connectivity index (χ0v) is 22.9. The fraction of sp³-hybridized carbons (Fsp3) is 0.333. The third kappa shape index (κ3) is 5.66. The highest BCUT2D eigenvalue weighted by molar-refractivity contribution is 7.13. The summed E-state index contributed by atoms with van der Waals surface area (Å²) in [5.41, 5.74) is 0.799. The van der Waals surface area contributed by atoms with Gasteiger partial charge in [0.1, 0.15) is 10.8 Å². The molecule has 0 bridgehead atoms. The average molecular weight is 573 g/mol. The Morgan fingerprint density at radius 1 is 1.33 bits per heavy atom. The summed E-state index contributed by atoms with van der Waals surface area (Å²) in [5, 5.41) is 22.5. The second kappa shape index (κ2) is 11.0. The molecule has 1 aliphatic rings. The molecule has 0 amide bonds. The van der Waals surface area contributed by atoms with Crippen LogP contribution in [0.4, 0.5) is 20.4 Å². The number of aromatic nitrogens is 4. The molecule has 12 heteroatoms. The fourth-order valence-corrected chi connectivity index (χ4v) is 5.99. The van der Waals surface area contributed by atoms with E-state index in [0.29, 0.717) is 48.0 Å². The maximum atomic E-state index is 15.6. The Labute approximate surface area is 233 Å². The lowest BCUT2D eigenvalue weighted by atomic mass is 9.72. The zero-order valence-electron chi connectivity index (χ0n) is 21.3. The lowest BCUT2D eigenvalue weighted by Gasteiger charge is -2.43. The predicted molar refractivity (Wildman–Crippen MR) is 146 cm³/mol. The van der Waals surface area contributed by atoms with Gasteiger partial charge in [0.2, 0.25) is 0 Å². The standard InChI is InChI=1S/C27H27ClF2N6O2S/c1-15-10-21(35-34-15)33-24-23(30)19(25-31-7-9-39-25)11-18(32-24)13-27(26(37)38)6-8-36(16(2)12-27)14-17-4-3-5-20(28)22(17)29/h3-5,7,9-11,16H,6,8,12-14H2,1-2H3,(H,37,38)(H2,32,33,34,35)/t16-,27-/m1/s1. The molecule has 0 spiro atoms. The summed E-state index contributed by atoms with van der Waals surface area (Å²) in [7, 11) is 0. The fourth-order valence-electron chi connectivity index (χ4n) is 5.15. The van der Waals surface area contributed by atoms with Crippen LogP contribution in [0.15, 0.2) is 41.9 Å². The maximum absolute atomic E-state index is 15.6. The minimum Gasteiger partial charge on any atom is -0.481 e. The van der Waals surface area contributed by atoms with Crippen molar-refractivity contribution in [3.05, 3.63) is 75.5 Å². The molecule has 3 aromatic heterocycles. The molecule has 0 radical (unpaired) electrons. The first-order chi connectivity index (χ1) is 18.6. The van der Waals surface area contributed by atoms with Gasteiger partial charge in [0, 0.05) is 53.6 Å². The Morgan fingerprint density at radius 2 is 2.15 bits per heavy atom. The van der Waals surface area contributed by atoms with Gasteiger partial charge in [0.25, 0.3) is 0 Å². The SMILES string of the molecule is Cc1cc(Nc2nc(C[C@@]3(C(=O)O)CCN(Cc4cccc(Cl)c4F)[C@H](C)C3)cc(-c3nccs3)c2F)n[nH]1. The van der Waals surface area contributed by atoms with E-state index in [1.54, 1.807) is 35.8 Å². The van der Waals surface area contributed by atoms with Crippen LogP contribution in [-0.4, -0.2) is 48.7 Å². The normalized spacial score (nSPS) is 19.8. The largest absolute Gasteiger partial charge is 0.481 e. The van der Waals surface area contributed by atoms with Crippen LogP contribution in [-0.2, 0) is 17.8 Å². The van der Waals surface area contributed by atoms with Crippen molar-refractivity contribution in [2.24, 2.45) is 5.41 Å². The highest BCUT2D eigenvalue weighted by atomic mass is 35.5. The summed E-state index contributed by atoms with van der Waals surface area (Å²) in [6.45, 7) is 4.52. The van der Waals surface area contributed by atoms with Crippen molar-refractivity contribution in [3.8, 4) is 10.6 Å². The van der Waals surface area contributed by atoms with Crippen LogP contribution in [0.2, 0.25) is 5.02 Å². The van der Waals surface area contributed by atoms with E-state index in [1.165, 1.54) is 17.4 Å². The number of hydrogen-bond acceptors (Lipinski definition) is 7. The molecule has 1 saturated heterocycles. The minimum absolute atomic E-state index is 0.0494. The molecule has 5 rings (SSSR count). The number of carbonyl (C=O) groups is 1. The van der Waals surface area contributed by atoms with Crippen LogP contribution in [0.25, 0.3) is 10.6 Å². The molecule has 204 valence electrons. The number of likely N-dealkylation sites (tertiary alicyclic amines) is 1. The van der Waals surface area contributed by atoms with Gasteiger partial charge in [0.05, 0.1) is 16.0 Å². The Bertz CT molecular complexity index is 1500. The number of piperidine rings is 1. The number of carboxylic acid groups (broad SMARTS) is 1. The highest BCUT2D eigenvalue weighted by Gasteiger charge is 2.45. The Kier molecular flexibility index (Phi) is 7.66. The van der Waals surface area contributed by atoms with Gasteiger partial charge in [-0.3, -0.25) is 14.8 Å². The monoisotopic (exact) mass is 572 g/mol. The first-order valence-corrected chi connectivity index (χ1v) is 13.7. The predicted octanol–water partition coefficient (Wildman–Crippen LogP) is 6.21. The van der Waals surface area contributed by atoms with Gasteiger partial charge in [-0.2, -0.15) is 5.10 Å². The van der Waals surface area contributed by atoms with Crippen molar-refractivity contribution in [2.75, 3.05) is 11.9 Å². The number of H-pyrrole nitrogens is 1. The number of rotatable bonds is 8. The van der Waals surface area contributed by atoms with E-state index in [0.717, 1.165) is 5.69 Å². The lowest BCUT2D eigenvalue weighted by molar-refractivity contribution is -0.153. The van der Waals surface area contributed by atoms with Gasteiger partial charge in [-0.1, -0.05) is 23.7 Å². The number of nitrogens with one attached hydrogen (secondary N) is 2. The van der Waals surface area contributed by atoms with E-state index in [-0.39, 0.29) is 28.9 Å². The molecular weight excluding hydrogens is 546 g/mol. The number of aromatic amines is 1. The van der Waals surface area contributed by atoms with Crippen LogP contribution < -0.4 is 5.32 Å². The van der Waals surface area contributed by atoms with Crippen LogP contribution >= 0.6 is 22.9 Å². The molecule has 4 heterocycles. The zero-order chi connectivity index (χ0) is 27.7. The molecule has 2 atom stereocenters. The number of pyridine rings is 1. The lowest BCUT2D eigenvalue weighted by Crippen LogP contribution is -2.49. The van der Waals surface area contributed by atoms with Crippen LogP contribution in [0.5, 0.6) is 0 Å². The summed E-state index contributed by atoms with van der Waals surface area (Å²) >= 11 is 7.23. The molecule has 3 N–H and O–H groups in total. The number of halogens is 3. The summed E-state index contributed by atoms with van der Waals surface area (Å²) in [6, 6.07) is 8.03. The van der Waals surface area contributed by atoms with Crippen molar-refractivity contribution in [3.63, 3.8) is 0 Å². The summed E-state index contributed by atoms with van der Waals surface area (Å²) in [6.07, 6.45) is 2.32. The van der Waals surface area contributed by atoms with E-state index < -0.39 is 23.0 Å². The molecule has 0 unspecified atom stereocenters. The summed E-state index contributed by atoms with van der Waals surface area (Å²) in [4.78, 5) is 23.5. The Balaban J connectivity index is 1.43. The first-order valence-electron chi connectivity index (χ1n) is 12.4. The van der Waals surface area contributed by atoms with E-state index in [4.69, 9.17) is 11.6 Å². The number of anilines is 2. The smallest absolute Gasteiger partial charge is 0.310 e. The Morgan fingerprint density at radius 3 is 2.82 bits per heavy atom. The van der Waals surface area contributed by atoms with Gasteiger partial charge in [-0.15, -0.1) is 11.3 Å². The second-order valence-electron chi connectivity index (χ2n) is 9.97. The number of benzene rings is 1. The minimum atomic E-state index is -1.13. The van der Waals surface area contributed by atoms with Gasteiger partial charge in [0.15, 0.2) is 17.5 Å². The molecule has 8 nitrogen and oxygen atoms in total. The summed E-state index contributed by atoms with van der Waals surface area (Å²) < 4.78 is 30.1. The van der Waals surface area contributed by atoms with Crippen molar-refractivity contribution in [1.29, 1.82) is 0 Å². The average Bonchev–Trinajstić information content (AvgIpc) is 3.57. The first kappa shape index (κ1) is 27.2. The van der Waals surface area contributed by atoms with Crippen molar-refractivity contribution < 1.29 is 18.7 Å². The maximum Gasteiger partial charge on any atom is 0.310 e. The number of aryl methyl sites for hydroxylation is 1. The molecule has 0 aliphatic carbocycles. The van der Waals surface area contributed by atoms with E-state index >= 15 is 4.39 Å². The molecule has 39 heavy (non-hydrogen) atoms. The molecule has 4 aromatic rings. The topological polar surface area (TPSA) is 107 Å². The van der Waals surface area contributed by atoms with Gasteiger partial charge in [-0.05, 0) is 45.4 Å². The number of aliphatic carboxylic acids is 1. The second-order valence-corrected chi connectivity index (χ2v) is 11.3. The van der Waals surface area contributed by atoms with Gasteiger partial charge < -0.3 is 10.4 Å². The van der Waals surface area contributed by atoms with Gasteiger partial charge >= 0.3 is 5.97 Å². The number of nitrogens with zero attached hydrogens (tertiary/aromatic N) is 4. The van der Waals surface area contributed by atoms with E-state index in [2.05, 4.69) is 30.4 Å². The quantitative estimate of drug-likeness (QED) is 0.230. The Hall–Kier alpha value is -3.41. The number of thiazole rings is 1. The van der Waals surface area contributed by atoms with Crippen molar-refractivity contribution in [1.82, 2.24) is 25.1 Å². The van der Waals surface area contributed by atoms with Gasteiger partial charge in [-0.25, -0.2) is 18.7 Å². The molecule has 1 aromatic carbocycles. The van der Waals surface area contributed by atoms with Crippen molar-refractivity contribution >= 4 is 40.5 Å². The highest BCUT2D eigenvalue weighted by Crippen LogP contribution is 2.40.